The van der Waals surface area contributed by atoms with Crippen LogP contribution in [0, 0.1) is 10.1 Å². The standard InChI is InChI=1S/C30H20N4O4/c35-29-25(23-10-5-7-13-27(23)32(29)19-20-8-2-1-3-9-20)18-28-31-26-12-6-4-11-24(26)30(36)33(28)21-14-16-22(17-15-21)34(37)38/h1-18H,19H2/b25-18+. The lowest BCUT2D eigenvalue weighted by atomic mass is 10.1. The fourth-order valence-electron chi connectivity index (χ4n) is 4.72. The van der Waals surface area contributed by atoms with Crippen molar-refractivity contribution < 1.29 is 9.72 Å². The summed E-state index contributed by atoms with van der Waals surface area (Å²) in [6.07, 6.45) is 1.63. The van der Waals surface area contributed by atoms with E-state index in [2.05, 4.69) is 0 Å². The zero-order valence-electron chi connectivity index (χ0n) is 20.0. The van der Waals surface area contributed by atoms with Crippen LogP contribution in [0.3, 0.4) is 0 Å². The Hall–Kier alpha value is -5.37. The molecule has 1 aliphatic heterocycles. The molecule has 4 aromatic carbocycles. The molecule has 0 unspecified atom stereocenters. The summed E-state index contributed by atoms with van der Waals surface area (Å²) in [6.45, 7) is 0.397. The van der Waals surface area contributed by atoms with Crippen molar-refractivity contribution in [2.24, 2.45) is 0 Å². The number of carbonyl (C=O) groups is 1. The highest BCUT2D eigenvalue weighted by Gasteiger charge is 2.32. The summed E-state index contributed by atoms with van der Waals surface area (Å²) in [7, 11) is 0. The van der Waals surface area contributed by atoms with Crippen LogP contribution in [0.1, 0.15) is 17.0 Å². The van der Waals surface area contributed by atoms with Crippen LogP contribution in [0.25, 0.3) is 28.2 Å². The fourth-order valence-corrected chi connectivity index (χ4v) is 4.72. The summed E-state index contributed by atoms with van der Waals surface area (Å²) >= 11 is 0. The van der Waals surface area contributed by atoms with Crippen molar-refractivity contribution in [1.82, 2.24) is 9.55 Å². The van der Waals surface area contributed by atoms with Gasteiger partial charge in [0.25, 0.3) is 17.2 Å². The second kappa shape index (κ2) is 9.25. The molecule has 0 saturated heterocycles. The number of aromatic nitrogens is 2. The Balaban J connectivity index is 1.54. The molecule has 0 fully saturated rings. The monoisotopic (exact) mass is 500 g/mol. The molecule has 6 rings (SSSR count). The summed E-state index contributed by atoms with van der Waals surface area (Å²) in [5.74, 6) is 0.0509. The van der Waals surface area contributed by atoms with Gasteiger partial charge >= 0.3 is 0 Å². The number of benzene rings is 4. The molecule has 1 aliphatic rings. The highest BCUT2D eigenvalue weighted by Crippen LogP contribution is 2.38. The van der Waals surface area contributed by atoms with E-state index in [1.165, 1.54) is 28.8 Å². The SMILES string of the molecule is O=C1/C(=C/c2nc3ccccc3c(=O)n2-c2ccc([N+](=O)[O-])cc2)c2ccccc2N1Cc1ccccc1. The normalized spacial score (nSPS) is 13.7. The molecular weight excluding hydrogens is 480 g/mol. The second-order valence-corrected chi connectivity index (χ2v) is 8.85. The summed E-state index contributed by atoms with van der Waals surface area (Å²) in [4.78, 5) is 44.5. The van der Waals surface area contributed by atoms with Crippen molar-refractivity contribution in [2.45, 2.75) is 6.54 Å². The van der Waals surface area contributed by atoms with E-state index in [9.17, 15) is 19.7 Å². The number of carbonyl (C=O) groups excluding carboxylic acids is 1. The lowest BCUT2D eigenvalue weighted by Crippen LogP contribution is -2.26. The van der Waals surface area contributed by atoms with Gasteiger partial charge in [-0.25, -0.2) is 4.98 Å². The third kappa shape index (κ3) is 3.94. The third-order valence-corrected chi connectivity index (χ3v) is 6.54. The first-order valence-electron chi connectivity index (χ1n) is 11.9. The molecule has 0 spiro atoms. The third-order valence-electron chi connectivity index (χ3n) is 6.54. The molecule has 0 radical (unpaired) electrons. The molecule has 0 bridgehead atoms. The molecule has 1 aromatic heterocycles. The minimum Gasteiger partial charge on any atom is -0.303 e. The van der Waals surface area contributed by atoms with Crippen molar-refractivity contribution in [3.05, 3.63) is 141 Å². The smallest absolute Gasteiger partial charge is 0.269 e. The number of hydrogen-bond donors (Lipinski definition) is 0. The van der Waals surface area contributed by atoms with Crippen molar-refractivity contribution in [2.75, 3.05) is 4.90 Å². The summed E-state index contributed by atoms with van der Waals surface area (Å²) < 4.78 is 1.38. The maximum atomic E-state index is 13.8. The quantitative estimate of drug-likeness (QED) is 0.183. The van der Waals surface area contributed by atoms with Gasteiger partial charge in [0.05, 0.1) is 39.3 Å². The first-order chi connectivity index (χ1) is 18.5. The molecule has 2 heterocycles. The van der Waals surface area contributed by atoms with E-state index in [4.69, 9.17) is 4.98 Å². The Labute approximate surface area is 216 Å². The van der Waals surface area contributed by atoms with Gasteiger partial charge in [-0.3, -0.25) is 24.3 Å². The van der Waals surface area contributed by atoms with Gasteiger partial charge in [-0.15, -0.1) is 0 Å². The van der Waals surface area contributed by atoms with E-state index in [-0.39, 0.29) is 23.0 Å². The maximum absolute atomic E-state index is 13.8. The Morgan fingerprint density at radius 2 is 1.50 bits per heavy atom. The van der Waals surface area contributed by atoms with Crippen LogP contribution in [-0.4, -0.2) is 20.4 Å². The Morgan fingerprint density at radius 3 is 2.26 bits per heavy atom. The molecule has 0 saturated carbocycles. The Kier molecular flexibility index (Phi) is 5.61. The van der Waals surface area contributed by atoms with Crippen LogP contribution in [0.5, 0.6) is 0 Å². The van der Waals surface area contributed by atoms with Crippen LogP contribution < -0.4 is 10.5 Å². The van der Waals surface area contributed by atoms with Crippen LogP contribution in [0.2, 0.25) is 0 Å². The predicted molar refractivity (Wildman–Crippen MR) is 146 cm³/mol. The number of fused-ring (bicyclic) bond motifs is 2. The van der Waals surface area contributed by atoms with Crippen molar-refractivity contribution >= 4 is 39.8 Å². The van der Waals surface area contributed by atoms with E-state index in [1.807, 2.05) is 54.6 Å². The van der Waals surface area contributed by atoms with E-state index in [0.717, 1.165) is 16.8 Å². The zero-order valence-corrected chi connectivity index (χ0v) is 20.0. The lowest BCUT2D eigenvalue weighted by molar-refractivity contribution is -0.384. The number of non-ortho nitro benzene ring substituents is 1. The molecule has 5 aromatic rings. The van der Waals surface area contributed by atoms with Gasteiger partial charge < -0.3 is 4.90 Å². The van der Waals surface area contributed by atoms with Crippen LogP contribution in [-0.2, 0) is 11.3 Å². The van der Waals surface area contributed by atoms with E-state index >= 15 is 0 Å². The highest BCUT2D eigenvalue weighted by atomic mass is 16.6. The molecule has 0 N–H and O–H groups in total. The number of rotatable bonds is 5. The molecule has 184 valence electrons. The number of nitro groups is 1. The van der Waals surface area contributed by atoms with Crippen molar-refractivity contribution in [1.29, 1.82) is 0 Å². The van der Waals surface area contributed by atoms with E-state index in [0.29, 0.717) is 28.7 Å². The average Bonchev–Trinajstić information content (AvgIpc) is 3.20. The van der Waals surface area contributed by atoms with Gasteiger partial charge in [0.15, 0.2) is 0 Å². The maximum Gasteiger partial charge on any atom is 0.269 e. The molecule has 0 aliphatic carbocycles. The topological polar surface area (TPSA) is 98.3 Å². The van der Waals surface area contributed by atoms with Gasteiger partial charge in [0.1, 0.15) is 5.82 Å². The number of hydrogen-bond acceptors (Lipinski definition) is 5. The van der Waals surface area contributed by atoms with Gasteiger partial charge in [0.2, 0.25) is 0 Å². The molecule has 1 amide bonds. The first-order valence-corrected chi connectivity index (χ1v) is 11.9. The highest BCUT2D eigenvalue weighted by molar-refractivity contribution is 6.35. The van der Waals surface area contributed by atoms with E-state index in [1.54, 1.807) is 35.2 Å². The number of nitrogens with zero attached hydrogens (tertiary/aromatic N) is 4. The van der Waals surface area contributed by atoms with Crippen LogP contribution in [0.4, 0.5) is 11.4 Å². The number of para-hydroxylation sites is 2. The van der Waals surface area contributed by atoms with E-state index < -0.39 is 4.92 Å². The van der Waals surface area contributed by atoms with Crippen molar-refractivity contribution in [3.63, 3.8) is 0 Å². The number of nitro benzene ring substituents is 1. The van der Waals surface area contributed by atoms with Gasteiger partial charge in [0, 0.05) is 17.7 Å². The Morgan fingerprint density at radius 1 is 0.816 bits per heavy atom. The number of amides is 1. The first kappa shape index (κ1) is 23.1. The summed E-state index contributed by atoms with van der Waals surface area (Å²) in [5, 5.41) is 11.6. The van der Waals surface area contributed by atoms with Crippen molar-refractivity contribution in [3.8, 4) is 5.69 Å². The van der Waals surface area contributed by atoms with Crippen LogP contribution in [0.15, 0.2) is 108 Å². The average molecular weight is 501 g/mol. The zero-order chi connectivity index (χ0) is 26.2. The van der Waals surface area contributed by atoms with Gasteiger partial charge in [-0.2, -0.15) is 0 Å². The second-order valence-electron chi connectivity index (χ2n) is 8.85. The predicted octanol–water partition coefficient (Wildman–Crippen LogP) is 5.38. The molecule has 8 nitrogen and oxygen atoms in total. The largest absolute Gasteiger partial charge is 0.303 e. The summed E-state index contributed by atoms with van der Waals surface area (Å²) in [6, 6.07) is 29.9. The molecule has 0 atom stereocenters. The molecule has 8 heteroatoms. The fraction of sp³-hybridized carbons (Fsp3) is 0.0333. The van der Waals surface area contributed by atoms with Crippen LogP contribution >= 0.6 is 0 Å². The number of anilines is 1. The van der Waals surface area contributed by atoms with Gasteiger partial charge in [-0.1, -0.05) is 60.7 Å². The summed E-state index contributed by atoms with van der Waals surface area (Å²) in [5.41, 5.74) is 3.39. The molecule has 38 heavy (non-hydrogen) atoms. The minimum absolute atomic E-state index is 0.0908. The molecular formula is C30H20N4O4. The minimum atomic E-state index is -0.496. The van der Waals surface area contributed by atoms with Gasteiger partial charge in [-0.05, 0) is 42.0 Å². The Bertz CT molecular complexity index is 1810. The lowest BCUT2D eigenvalue weighted by Gasteiger charge is -2.17.